The van der Waals surface area contributed by atoms with Crippen LogP contribution in [0, 0.1) is 5.82 Å². The first-order valence-corrected chi connectivity index (χ1v) is 9.21. The van der Waals surface area contributed by atoms with Crippen LogP contribution in [0.15, 0.2) is 12.3 Å². The quantitative estimate of drug-likeness (QED) is 0.586. The second-order valence-corrected chi connectivity index (χ2v) is 8.31. The molecule has 2 aromatic heterocycles. The Morgan fingerprint density at radius 1 is 1.24 bits per heavy atom. The molecule has 3 aromatic rings. The van der Waals surface area contributed by atoms with E-state index in [4.69, 9.17) is 23.2 Å². The van der Waals surface area contributed by atoms with E-state index in [0.717, 1.165) is 5.56 Å². The molecule has 0 bridgehead atoms. The van der Waals surface area contributed by atoms with Gasteiger partial charge in [0.25, 0.3) is 0 Å². The van der Waals surface area contributed by atoms with Gasteiger partial charge in [0, 0.05) is 5.56 Å². The number of benzene rings is 1. The molecular formula is C17H16Cl2FN3OS. The topological polar surface area (TPSA) is 58.9 Å². The van der Waals surface area contributed by atoms with Gasteiger partial charge < -0.3 is 5.11 Å². The number of fused-ring (bicyclic) bond motifs is 1. The van der Waals surface area contributed by atoms with Crippen molar-refractivity contribution in [2.24, 2.45) is 0 Å². The lowest BCUT2D eigenvalue weighted by Gasteiger charge is -2.15. The Hall–Kier alpha value is -1.34. The Morgan fingerprint density at radius 2 is 1.92 bits per heavy atom. The van der Waals surface area contributed by atoms with E-state index in [0.29, 0.717) is 21.0 Å². The number of thiazole rings is 1. The van der Waals surface area contributed by atoms with E-state index < -0.39 is 11.4 Å². The summed E-state index contributed by atoms with van der Waals surface area (Å²) in [7, 11) is 0. The normalized spacial score (nSPS) is 12.4. The second-order valence-electron chi connectivity index (χ2n) is 6.57. The molecular weight excluding hydrogens is 384 g/mol. The van der Waals surface area contributed by atoms with Crippen molar-refractivity contribution in [2.45, 2.75) is 39.2 Å². The predicted octanol–water partition coefficient (Wildman–Crippen LogP) is 5.55. The standard InChI is InChI=1S/C17H16Cl2FN3OS/c1-7(2)11-8(12-9(18)6-21-16(19)23-12)5-10(20)13-14(11)25-15(22-13)17(3,4)24/h5-7,24H,1-4H3. The van der Waals surface area contributed by atoms with E-state index in [1.165, 1.54) is 23.6 Å². The summed E-state index contributed by atoms with van der Waals surface area (Å²) < 4.78 is 15.4. The highest BCUT2D eigenvalue weighted by Gasteiger charge is 2.26. The van der Waals surface area contributed by atoms with Gasteiger partial charge in [-0.3, -0.25) is 0 Å². The number of hydrogen-bond donors (Lipinski definition) is 1. The van der Waals surface area contributed by atoms with Gasteiger partial charge in [0.2, 0.25) is 5.28 Å². The molecule has 3 rings (SSSR count). The molecule has 0 amide bonds. The Balaban J connectivity index is 2.40. The zero-order chi connectivity index (χ0) is 18.5. The summed E-state index contributed by atoms with van der Waals surface area (Å²) >= 11 is 13.4. The molecule has 25 heavy (non-hydrogen) atoms. The van der Waals surface area contributed by atoms with E-state index in [1.807, 2.05) is 13.8 Å². The molecule has 1 N–H and O–H groups in total. The summed E-state index contributed by atoms with van der Waals surface area (Å²) in [5, 5.41) is 11.0. The second kappa shape index (κ2) is 6.43. The molecule has 8 heteroatoms. The summed E-state index contributed by atoms with van der Waals surface area (Å²) in [5.74, 6) is -0.440. The minimum atomic E-state index is -1.15. The summed E-state index contributed by atoms with van der Waals surface area (Å²) in [4.78, 5) is 12.3. The lowest BCUT2D eigenvalue weighted by atomic mass is 9.94. The van der Waals surface area contributed by atoms with Crippen molar-refractivity contribution in [3.63, 3.8) is 0 Å². The monoisotopic (exact) mass is 399 g/mol. The minimum absolute atomic E-state index is 0.0381. The third kappa shape index (κ3) is 3.36. The molecule has 4 nitrogen and oxygen atoms in total. The largest absolute Gasteiger partial charge is 0.383 e. The highest BCUT2D eigenvalue weighted by Crippen LogP contribution is 2.42. The number of rotatable bonds is 3. The Bertz CT molecular complexity index is 967. The van der Waals surface area contributed by atoms with Crippen molar-refractivity contribution in [3.8, 4) is 11.3 Å². The number of hydrogen-bond acceptors (Lipinski definition) is 5. The van der Waals surface area contributed by atoms with Gasteiger partial charge in [-0.2, -0.15) is 0 Å². The van der Waals surface area contributed by atoms with E-state index in [9.17, 15) is 9.50 Å². The molecule has 0 spiro atoms. The van der Waals surface area contributed by atoms with Crippen LogP contribution in [0.1, 0.15) is 44.2 Å². The summed E-state index contributed by atoms with van der Waals surface area (Å²) in [6.45, 7) is 7.24. The van der Waals surface area contributed by atoms with Gasteiger partial charge in [0.15, 0.2) is 5.82 Å². The molecule has 0 aliphatic carbocycles. The van der Waals surface area contributed by atoms with Gasteiger partial charge in [-0.1, -0.05) is 25.4 Å². The molecule has 0 aliphatic rings. The van der Waals surface area contributed by atoms with Crippen molar-refractivity contribution in [1.82, 2.24) is 15.0 Å². The number of halogens is 3. The maximum atomic E-state index is 14.8. The molecule has 132 valence electrons. The van der Waals surface area contributed by atoms with Crippen molar-refractivity contribution < 1.29 is 9.50 Å². The highest BCUT2D eigenvalue weighted by molar-refractivity contribution is 7.19. The van der Waals surface area contributed by atoms with Crippen LogP contribution < -0.4 is 0 Å². The van der Waals surface area contributed by atoms with Gasteiger partial charge in [0.1, 0.15) is 16.1 Å². The molecule has 2 heterocycles. The van der Waals surface area contributed by atoms with Crippen LogP contribution >= 0.6 is 34.5 Å². The Morgan fingerprint density at radius 3 is 2.52 bits per heavy atom. The molecule has 0 aliphatic heterocycles. The maximum Gasteiger partial charge on any atom is 0.222 e. The Labute approximate surface area is 158 Å². The van der Waals surface area contributed by atoms with Gasteiger partial charge in [-0.05, 0) is 43.0 Å². The van der Waals surface area contributed by atoms with Gasteiger partial charge in [0.05, 0.1) is 21.6 Å². The molecule has 0 radical (unpaired) electrons. The van der Waals surface area contributed by atoms with E-state index in [1.54, 1.807) is 13.8 Å². The fraction of sp³-hybridized carbons (Fsp3) is 0.353. The lowest BCUT2D eigenvalue weighted by molar-refractivity contribution is 0.0785. The summed E-state index contributed by atoms with van der Waals surface area (Å²) in [5.41, 5.74) is 0.886. The maximum absolute atomic E-state index is 14.8. The van der Waals surface area contributed by atoms with Gasteiger partial charge in [-0.15, -0.1) is 11.3 Å². The van der Waals surface area contributed by atoms with Crippen LogP contribution in [0.25, 0.3) is 21.5 Å². The molecule has 0 fully saturated rings. The van der Waals surface area contributed by atoms with Crippen LogP contribution in [0.2, 0.25) is 10.3 Å². The molecule has 0 saturated heterocycles. The first-order valence-electron chi connectivity index (χ1n) is 7.63. The van der Waals surface area contributed by atoms with Crippen LogP contribution in [0.5, 0.6) is 0 Å². The minimum Gasteiger partial charge on any atom is -0.383 e. The smallest absolute Gasteiger partial charge is 0.222 e. The molecule has 0 atom stereocenters. The number of nitrogens with zero attached hydrogens (tertiary/aromatic N) is 3. The third-order valence-electron chi connectivity index (χ3n) is 3.73. The zero-order valence-electron chi connectivity index (χ0n) is 14.1. The summed E-state index contributed by atoms with van der Waals surface area (Å²) in [6.07, 6.45) is 1.40. The number of aliphatic hydroxyl groups is 1. The van der Waals surface area contributed by atoms with E-state index in [-0.39, 0.29) is 21.7 Å². The van der Waals surface area contributed by atoms with Crippen LogP contribution in [0.4, 0.5) is 4.39 Å². The van der Waals surface area contributed by atoms with Gasteiger partial charge in [-0.25, -0.2) is 19.3 Å². The SMILES string of the molecule is CC(C)c1c(-c2nc(Cl)ncc2Cl)cc(F)c2nc(C(C)(C)O)sc12. The van der Waals surface area contributed by atoms with Crippen LogP contribution in [-0.2, 0) is 5.60 Å². The first-order chi connectivity index (χ1) is 11.6. The van der Waals surface area contributed by atoms with Crippen molar-refractivity contribution in [3.05, 3.63) is 39.0 Å². The lowest BCUT2D eigenvalue weighted by Crippen LogP contribution is -2.14. The third-order valence-corrected chi connectivity index (χ3v) is 5.59. The molecule has 0 saturated carbocycles. The van der Waals surface area contributed by atoms with Crippen LogP contribution in [-0.4, -0.2) is 20.1 Å². The fourth-order valence-corrected chi connectivity index (χ4v) is 4.23. The first kappa shape index (κ1) is 18.5. The van der Waals surface area contributed by atoms with Crippen molar-refractivity contribution >= 4 is 44.8 Å². The zero-order valence-corrected chi connectivity index (χ0v) is 16.4. The molecule has 0 unspecified atom stereocenters. The van der Waals surface area contributed by atoms with Gasteiger partial charge >= 0.3 is 0 Å². The van der Waals surface area contributed by atoms with Crippen LogP contribution in [0.3, 0.4) is 0 Å². The van der Waals surface area contributed by atoms with E-state index >= 15 is 0 Å². The average Bonchev–Trinajstić information content (AvgIpc) is 2.94. The predicted molar refractivity (Wildman–Crippen MR) is 100.0 cm³/mol. The number of aromatic nitrogens is 3. The van der Waals surface area contributed by atoms with Crippen molar-refractivity contribution in [1.29, 1.82) is 0 Å². The Kier molecular flexibility index (Phi) is 4.75. The fourth-order valence-electron chi connectivity index (χ4n) is 2.62. The van der Waals surface area contributed by atoms with E-state index in [2.05, 4.69) is 15.0 Å². The highest BCUT2D eigenvalue weighted by atomic mass is 35.5. The van der Waals surface area contributed by atoms with Crippen molar-refractivity contribution in [2.75, 3.05) is 0 Å². The summed E-state index contributed by atoms with van der Waals surface area (Å²) in [6, 6.07) is 1.37. The molecule has 1 aromatic carbocycles. The average molecular weight is 400 g/mol.